The number of nitrogens with one attached hydrogen (secondary N) is 1. The molecule has 2 heterocycles. The van der Waals surface area contributed by atoms with Gasteiger partial charge in [-0.05, 0) is 13.8 Å². The number of carbonyl (C=O) groups is 1. The highest BCUT2D eigenvalue weighted by molar-refractivity contribution is 7.16. The minimum absolute atomic E-state index is 0. The van der Waals surface area contributed by atoms with Gasteiger partial charge in [0.05, 0.1) is 6.20 Å². The largest absolute Gasteiger partial charge is 0.332 e. The Morgan fingerprint density at radius 1 is 1.26 bits per heavy atom. The number of thiazole rings is 1. The van der Waals surface area contributed by atoms with E-state index < -0.39 is 0 Å². The van der Waals surface area contributed by atoms with Crippen molar-refractivity contribution in [1.82, 2.24) is 15.2 Å². The van der Waals surface area contributed by atoms with Crippen LogP contribution in [0.25, 0.3) is 10.6 Å². The van der Waals surface area contributed by atoms with Gasteiger partial charge < -0.3 is 10.2 Å². The van der Waals surface area contributed by atoms with Gasteiger partial charge in [0.15, 0.2) is 0 Å². The Kier molecular flexibility index (Phi) is 7.48. The van der Waals surface area contributed by atoms with Gasteiger partial charge in [0.2, 0.25) is 0 Å². The van der Waals surface area contributed by atoms with E-state index in [2.05, 4.69) is 24.1 Å². The van der Waals surface area contributed by atoms with Crippen molar-refractivity contribution in [2.24, 2.45) is 0 Å². The predicted molar refractivity (Wildman–Crippen MR) is 100 cm³/mol. The average Bonchev–Trinajstić information content (AvgIpc) is 3.00. The molecule has 126 valence electrons. The van der Waals surface area contributed by atoms with Crippen LogP contribution in [-0.4, -0.2) is 41.0 Å². The number of amides is 1. The van der Waals surface area contributed by atoms with Crippen LogP contribution in [0.15, 0.2) is 36.5 Å². The van der Waals surface area contributed by atoms with Crippen molar-refractivity contribution in [2.75, 3.05) is 13.1 Å². The van der Waals surface area contributed by atoms with Gasteiger partial charge in [0.1, 0.15) is 9.88 Å². The molecule has 1 aliphatic heterocycles. The molecule has 7 heteroatoms. The number of piperazine rings is 1. The minimum Gasteiger partial charge on any atom is -0.332 e. The van der Waals surface area contributed by atoms with Crippen LogP contribution in [-0.2, 0) is 0 Å². The molecule has 0 saturated carbocycles. The van der Waals surface area contributed by atoms with Crippen LogP contribution in [0.1, 0.15) is 23.5 Å². The molecule has 0 aliphatic carbocycles. The molecule has 0 bridgehead atoms. The van der Waals surface area contributed by atoms with Crippen LogP contribution in [0.3, 0.4) is 0 Å². The van der Waals surface area contributed by atoms with Crippen LogP contribution < -0.4 is 5.32 Å². The van der Waals surface area contributed by atoms with Crippen molar-refractivity contribution >= 4 is 42.1 Å². The van der Waals surface area contributed by atoms with Crippen molar-refractivity contribution in [3.05, 3.63) is 41.4 Å². The molecule has 2 aromatic rings. The molecule has 1 amide bonds. The van der Waals surface area contributed by atoms with E-state index in [1.165, 1.54) is 11.3 Å². The van der Waals surface area contributed by atoms with Crippen molar-refractivity contribution in [2.45, 2.75) is 25.9 Å². The second-order valence-electron chi connectivity index (χ2n) is 5.38. The molecule has 23 heavy (non-hydrogen) atoms. The highest BCUT2D eigenvalue weighted by atomic mass is 35.5. The van der Waals surface area contributed by atoms with Crippen molar-refractivity contribution in [3.8, 4) is 10.6 Å². The number of aromatic nitrogens is 1. The van der Waals surface area contributed by atoms with Crippen LogP contribution in [0.4, 0.5) is 0 Å². The zero-order valence-corrected chi connectivity index (χ0v) is 15.5. The van der Waals surface area contributed by atoms with Gasteiger partial charge in [-0.25, -0.2) is 4.98 Å². The monoisotopic (exact) mass is 373 g/mol. The predicted octanol–water partition coefficient (Wildman–Crippen LogP) is 3.48. The molecule has 2 atom stereocenters. The Morgan fingerprint density at radius 2 is 1.96 bits per heavy atom. The molecule has 3 rings (SSSR count). The van der Waals surface area contributed by atoms with E-state index in [-0.39, 0.29) is 36.8 Å². The molecule has 0 spiro atoms. The molecule has 4 nitrogen and oxygen atoms in total. The first kappa shape index (κ1) is 19.9. The number of halogens is 2. The zero-order valence-electron chi connectivity index (χ0n) is 13.1. The topological polar surface area (TPSA) is 45.2 Å². The van der Waals surface area contributed by atoms with Crippen molar-refractivity contribution < 1.29 is 4.79 Å². The van der Waals surface area contributed by atoms with Crippen LogP contribution >= 0.6 is 36.2 Å². The average molecular weight is 374 g/mol. The summed E-state index contributed by atoms with van der Waals surface area (Å²) in [7, 11) is 0. The maximum absolute atomic E-state index is 12.7. The molecular formula is C16H21Cl2N3OS. The lowest BCUT2D eigenvalue weighted by atomic mass is 10.1. The summed E-state index contributed by atoms with van der Waals surface area (Å²) in [5.74, 6) is 0.0931. The molecule has 1 aliphatic rings. The first-order valence-corrected chi connectivity index (χ1v) is 8.04. The van der Waals surface area contributed by atoms with Crippen LogP contribution in [0.2, 0.25) is 0 Å². The fourth-order valence-electron chi connectivity index (χ4n) is 2.57. The van der Waals surface area contributed by atoms with Crippen LogP contribution in [0.5, 0.6) is 0 Å². The van der Waals surface area contributed by atoms with E-state index in [9.17, 15) is 4.79 Å². The molecule has 2 unspecified atom stereocenters. The second kappa shape index (κ2) is 8.64. The summed E-state index contributed by atoms with van der Waals surface area (Å²) in [5, 5.41) is 4.29. The van der Waals surface area contributed by atoms with Gasteiger partial charge in [-0.3, -0.25) is 4.79 Å². The number of carbonyl (C=O) groups excluding carboxylic acids is 1. The molecule has 1 aromatic heterocycles. The summed E-state index contributed by atoms with van der Waals surface area (Å²) >= 11 is 1.47. The third-order valence-electron chi connectivity index (χ3n) is 4.03. The van der Waals surface area contributed by atoms with Crippen molar-refractivity contribution in [3.63, 3.8) is 0 Å². The first-order valence-electron chi connectivity index (χ1n) is 7.22. The standard InChI is InChI=1S/C16H19N3OS.2ClH/c1-11-12(2)19(9-8-17-11)16(20)14-10-18-15(21-14)13-6-4-3-5-7-13;;/h3-7,10-12,17H,8-9H2,1-2H3;2*1H. The lowest BCUT2D eigenvalue weighted by Crippen LogP contribution is -2.57. The molecule has 1 fully saturated rings. The lowest BCUT2D eigenvalue weighted by molar-refractivity contribution is 0.0607. The second-order valence-corrected chi connectivity index (χ2v) is 6.41. The summed E-state index contributed by atoms with van der Waals surface area (Å²) in [6, 6.07) is 10.5. The van der Waals surface area contributed by atoms with E-state index in [1.807, 2.05) is 35.2 Å². The first-order chi connectivity index (χ1) is 10.2. The van der Waals surface area contributed by atoms with Gasteiger partial charge >= 0.3 is 0 Å². The summed E-state index contributed by atoms with van der Waals surface area (Å²) < 4.78 is 0. The number of benzene rings is 1. The Hall–Kier alpha value is -1.14. The highest BCUT2D eigenvalue weighted by Gasteiger charge is 2.29. The smallest absolute Gasteiger partial charge is 0.265 e. The Labute approximate surface area is 153 Å². The van der Waals surface area contributed by atoms with Crippen molar-refractivity contribution in [1.29, 1.82) is 0 Å². The Balaban J connectivity index is 0.00000132. The van der Waals surface area contributed by atoms with Gasteiger partial charge in [-0.1, -0.05) is 30.3 Å². The van der Waals surface area contributed by atoms with E-state index in [0.717, 1.165) is 28.5 Å². The molecule has 1 N–H and O–H groups in total. The number of rotatable bonds is 2. The Morgan fingerprint density at radius 3 is 2.65 bits per heavy atom. The third kappa shape index (κ3) is 4.23. The van der Waals surface area contributed by atoms with Gasteiger partial charge in [-0.15, -0.1) is 36.2 Å². The fraction of sp³-hybridized carbons (Fsp3) is 0.375. The fourth-order valence-corrected chi connectivity index (χ4v) is 3.45. The molecular weight excluding hydrogens is 353 g/mol. The maximum Gasteiger partial charge on any atom is 0.265 e. The lowest BCUT2D eigenvalue weighted by Gasteiger charge is -2.38. The summed E-state index contributed by atoms with van der Waals surface area (Å²) in [4.78, 5) is 19.7. The number of hydrogen-bond acceptors (Lipinski definition) is 4. The van der Waals surface area contributed by atoms with E-state index in [0.29, 0.717) is 6.04 Å². The molecule has 1 aromatic carbocycles. The Bertz CT molecular complexity index is 635. The minimum atomic E-state index is 0. The molecule has 0 radical (unpaired) electrons. The van der Waals surface area contributed by atoms with E-state index >= 15 is 0 Å². The van der Waals surface area contributed by atoms with Crippen LogP contribution in [0, 0.1) is 0 Å². The SMILES string of the molecule is CC1NCCN(C(=O)c2cnc(-c3ccccc3)s2)C1C.Cl.Cl. The normalized spacial score (nSPS) is 20.3. The maximum atomic E-state index is 12.7. The third-order valence-corrected chi connectivity index (χ3v) is 5.07. The zero-order chi connectivity index (χ0) is 14.8. The summed E-state index contributed by atoms with van der Waals surface area (Å²) in [5.41, 5.74) is 1.06. The quantitative estimate of drug-likeness (QED) is 0.876. The van der Waals surface area contributed by atoms with E-state index in [1.54, 1.807) is 6.20 Å². The highest BCUT2D eigenvalue weighted by Crippen LogP contribution is 2.26. The molecule has 1 saturated heterocycles. The summed E-state index contributed by atoms with van der Waals surface area (Å²) in [6.07, 6.45) is 1.70. The summed E-state index contributed by atoms with van der Waals surface area (Å²) in [6.45, 7) is 5.81. The number of hydrogen-bond donors (Lipinski definition) is 1. The van der Waals surface area contributed by atoms with E-state index in [4.69, 9.17) is 0 Å². The number of nitrogens with zero attached hydrogens (tertiary/aromatic N) is 2. The van der Waals surface area contributed by atoms with Gasteiger partial charge in [0.25, 0.3) is 5.91 Å². The van der Waals surface area contributed by atoms with Gasteiger partial charge in [0, 0.05) is 30.7 Å². The van der Waals surface area contributed by atoms with Gasteiger partial charge in [-0.2, -0.15) is 0 Å².